The number of halogens is 2. The molecule has 2 rings (SSSR count). The van der Waals surface area contributed by atoms with Crippen molar-refractivity contribution < 1.29 is 9.50 Å². The molecular formula is C13H14ClFN2O. The second kappa shape index (κ2) is 5.50. The fourth-order valence-corrected chi connectivity index (χ4v) is 1.91. The summed E-state index contributed by atoms with van der Waals surface area (Å²) in [7, 11) is 0. The largest absolute Gasteiger partial charge is 0.388 e. The molecule has 0 aliphatic carbocycles. The molecule has 18 heavy (non-hydrogen) atoms. The van der Waals surface area contributed by atoms with E-state index in [2.05, 4.69) is 5.10 Å². The maximum Gasteiger partial charge on any atom is 0.146 e. The van der Waals surface area contributed by atoms with Crippen molar-refractivity contribution in [1.82, 2.24) is 9.78 Å². The van der Waals surface area contributed by atoms with Gasteiger partial charge in [-0.1, -0.05) is 30.7 Å². The summed E-state index contributed by atoms with van der Waals surface area (Å²) < 4.78 is 15.3. The molecule has 0 saturated carbocycles. The zero-order chi connectivity index (χ0) is 13.1. The van der Waals surface area contributed by atoms with Gasteiger partial charge in [-0.2, -0.15) is 5.10 Å². The van der Waals surface area contributed by atoms with Crippen LogP contribution in [0.1, 0.15) is 30.6 Å². The lowest BCUT2D eigenvalue weighted by molar-refractivity contribution is 0.173. The molecule has 2 aromatic rings. The zero-order valence-corrected chi connectivity index (χ0v) is 10.7. The Labute approximate surface area is 110 Å². The van der Waals surface area contributed by atoms with Gasteiger partial charge in [-0.3, -0.25) is 4.68 Å². The Hall–Kier alpha value is -1.39. The van der Waals surface area contributed by atoms with Crippen molar-refractivity contribution in [2.24, 2.45) is 0 Å². The maximum absolute atomic E-state index is 13.7. The first-order valence-electron chi connectivity index (χ1n) is 5.75. The van der Waals surface area contributed by atoms with E-state index in [4.69, 9.17) is 11.6 Å². The number of aromatic nitrogens is 2. The van der Waals surface area contributed by atoms with Crippen LogP contribution in [-0.4, -0.2) is 14.9 Å². The summed E-state index contributed by atoms with van der Waals surface area (Å²) >= 11 is 5.71. The summed E-state index contributed by atoms with van der Waals surface area (Å²) in [6.45, 7) is 2.18. The van der Waals surface area contributed by atoms with E-state index in [-0.39, 0.29) is 5.02 Å². The summed E-state index contributed by atoms with van der Waals surface area (Å²) in [5.41, 5.74) is 1.21. The van der Waals surface area contributed by atoms with Gasteiger partial charge in [-0.25, -0.2) is 4.39 Å². The number of hydrogen-bond acceptors (Lipinski definition) is 2. The highest BCUT2D eigenvalue weighted by Crippen LogP contribution is 2.20. The first-order valence-corrected chi connectivity index (χ1v) is 6.13. The summed E-state index contributed by atoms with van der Waals surface area (Å²) in [4.78, 5) is 0. The number of hydrogen-bond donors (Lipinski definition) is 1. The van der Waals surface area contributed by atoms with Crippen molar-refractivity contribution >= 4 is 11.6 Å². The second-order valence-corrected chi connectivity index (χ2v) is 4.52. The standard InChI is InChI=1S/C13H14ClFN2O/c1-2-12(18)10-6-16-17(8-10)7-9-4-3-5-11(14)13(9)15/h3-6,8,12,18H,2,7H2,1H3. The third kappa shape index (κ3) is 2.71. The normalized spacial score (nSPS) is 12.7. The molecule has 0 aliphatic heterocycles. The lowest BCUT2D eigenvalue weighted by Gasteiger charge is -2.05. The number of nitrogens with zero attached hydrogens (tertiary/aromatic N) is 2. The molecule has 1 N–H and O–H groups in total. The van der Waals surface area contributed by atoms with Gasteiger partial charge in [0.25, 0.3) is 0 Å². The van der Waals surface area contributed by atoms with E-state index in [0.29, 0.717) is 18.5 Å². The fourth-order valence-electron chi connectivity index (χ4n) is 1.72. The molecule has 0 amide bonds. The van der Waals surface area contributed by atoms with Crippen LogP contribution in [0.25, 0.3) is 0 Å². The molecule has 0 saturated heterocycles. The Balaban J connectivity index is 2.19. The SMILES string of the molecule is CCC(O)c1cnn(Cc2cccc(Cl)c2F)c1. The van der Waals surface area contributed by atoms with Crippen LogP contribution in [0.5, 0.6) is 0 Å². The Morgan fingerprint density at radius 2 is 2.28 bits per heavy atom. The average molecular weight is 269 g/mol. The van der Waals surface area contributed by atoms with Crippen molar-refractivity contribution in [1.29, 1.82) is 0 Å². The first-order chi connectivity index (χ1) is 8.61. The van der Waals surface area contributed by atoms with Gasteiger partial charge < -0.3 is 5.11 Å². The van der Waals surface area contributed by atoms with Crippen LogP contribution in [0.2, 0.25) is 5.02 Å². The summed E-state index contributed by atoms with van der Waals surface area (Å²) in [6, 6.07) is 4.88. The van der Waals surface area contributed by atoms with Crippen molar-refractivity contribution in [2.45, 2.75) is 26.0 Å². The van der Waals surface area contributed by atoms with Crippen LogP contribution in [0.4, 0.5) is 4.39 Å². The van der Waals surface area contributed by atoms with Crippen LogP contribution in [0.15, 0.2) is 30.6 Å². The molecule has 1 heterocycles. The Morgan fingerprint density at radius 1 is 1.50 bits per heavy atom. The van der Waals surface area contributed by atoms with E-state index in [1.54, 1.807) is 29.2 Å². The van der Waals surface area contributed by atoms with E-state index in [1.165, 1.54) is 6.07 Å². The smallest absolute Gasteiger partial charge is 0.146 e. The number of rotatable bonds is 4. The molecule has 1 unspecified atom stereocenters. The number of aliphatic hydroxyl groups excluding tert-OH is 1. The molecule has 1 aromatic heterocycles. The minimum atomic E-state index is -0.525. The fraction of sp³-hybridized carbons (Fsp3) is 0.308. The van der Waals surface area contributed by atoms with Gasteiger partial charge in [0.15, 0.2) is 0 Å². The molecule has 96 valence electrons. The van der Waals surface area contributed by atoms with Crippen molar-refractivity contribution in [3.63, 3.8) is 0 Å². The monoisotopic (exact) mass is 268 g/mol. The van der Waals surface area contributed by atoms with Crippen LogP contribution < -0.4 is 0 Å². The quantitative estimate of drug-likeness (QED) is 0.925. The highest BCUT2D eigenvalue weighted by molar-refractivity contribution is 6.30. The third-order valence-electron chi connectivity index (χ3n) is 2.79. The highest BCUT2D eigenvalue weighted by atomic mass is 35.5. The molecule has 0 bridgehead atoms. The maximum atomic E-state index is 13.7. The topological polar surface area (TPSA) is 38.1 Å². The predicted molar refractivity (Wildman–Crippen MR) is 68.0 cm³/mol. The third-order valence-corrected chi connectivity index (χ3v) is 3.08. The van der Waals surface area contributed by atoms with Crippen LogP contribution in [0.3, 0.4) is 0 Å². The molecule has 0 spiro atoms. The Bertz CT molecular complexity index is 542. The zero-order valence-electron chi connectivity index (χ0n) is 9.98. The minimum Gasteiger partial charge on any atom is -0.388 e. The van der Waals surface area contributed by atoms with Crippen molar-refractivity contribution in [2.75, 3.05) is 0 Å². The van der Waals surface area contributed by atoms with Gasteiger partial charge in [-0.15, -0.1) is 0 Å². The minimum absolute atomic E-state index is 0.105. The van der Waals surface area contributed by atoms with E-state index < -0.39 is 11.9 Å². The summed E-state index contributed by atoms with van der Waals surface area (Å²) in [6.07, 6.45) is 3.41. The van der Waals surface area contributed by atoms with Crippen LogP contribution in [-0.2, 0) is 6.54 Å². The lowest BCUT2D eigenvalue weighted by atomic mass is 10.1. The average Bonchev–Trinajstić information content (AvgIpc) is 2.82. The van der Waals surface area contributed by atoms with Gasteiger partial charge in [0.1, 0.15) is 5.82 Å². The van der Waals surface area contributed by atoms with Crippen molar-refractivity contribution in [3.05, 3.63) is 52.6 Å². The van der Waals surface area contributed by atoms with Crippen LogP contribution in [0, 0.1) is 5.82 Å². The number of aliphatic hydroxyl groups is 1. The van der Waals surface area contributed by atoms with E-state index in [0.717, 1.165) is 5.56 Å². The molecule has 0 radical (unpaired) electrons. The predicted octanol–water partition coefficient (Wildman–Crippen LogP) is 3.17. The Morgan fingerprint density at radius 3 is 3.00 bits per heavy atom. The highest BCUT2D eigenvalue weighted by Gasteiger charge is 2.10. The Kier molecular flexibility index (Phi) is 3.99. The van der Waals surface area contributed by atoms with Gasteiger partial charge in [0.05, 0.1) is 23.9 Å². The first kappa shape index (κ1) is 13.1. The molecule has 5 heteroatoms. The van der Waals surface area contributed by atoms with Gasteiger partial charge in [-0.05, 0) is 12.5 Å². The summed E-state index contributed by atoms with van der Waals surface area (Å²) in [5.74, 6) is -0.424. The second-order valence-electron chi connectivity index (χ2n) is 4.11. The van der Waals surface area contributed by atoms with Crippen molar-refractivity contribution in [3.8, 4) is 0 Å². The van der Waals surface area contributed by atoms with E-state index in [9.17, 15) is 9.50 Å². The summed E-state index contributed by atoms with van der Waals surface area (Å²) in [5, 5.41) is 13.9. The molecule has 1 atom stereocenters. The van der Waals surface area contributed by atoms with Gasteiger partial charge >= 0.3 is 0 Å². The molecule has 1 aromatic carbocycles. The molecule has 0 aliphatic rings. The molecule has 3 nitrogen and oxygen atoms in total. The van der Waals surface area contributed by atoms with Gasteiger partial charge in [0.2, 0.25) is 0 Å². The van der Waals surface area contributed by atoms with E-state index >= 15 is 0 Å². The van der Waals surface area contributed by atoms with E-state index in [1.807, 2.05) is 6.92 Å². The lowest BCUT2D eigenvalue weighted by Crippen LogP contribution is -2.02. The molecular weight excluding hydrogens is 255 g/mol. The van der Waals surface area contributed by atoms with Crippen LogP contribution >= 0.6 is 11.6 Å². The molecule has 0 fully saturated rings. The van der Waals surface area contributed by atoms with Gasteiger partial charge in [0, 0.05) is 17.3 Å². The number of benzene rings is 1.